The van der Waals surface area contributed by atoms with Crippen molar-refractivity contribution in [3.63, 3.8) is 0 Å². The number of carbonyl (C=O) groups is 6. The maximum absolute atomic E-state index is 12.7. The number of hydrogen-bond donors (Lipinski definition) is 7. The number of rotatable bonds is 32. The predicted molar refractivity (Wildman–Crippen MR) is 506 cm³/mol. The summed E-state index contributed by atoms with van der Waals surface area (Å²) < 4.78 is 171. The van der Waals surface area contributed by atoms with E-state index in [1.165, 1.54) is 170 Å². The Morgan fingerprint density at radius 2 is 0.603 bits per heavy atom. The van der Waals surface area contributed by atoms with Gasteiger partial charge < -0.3 is 19.3 Å². The molecule has 1 unspecified atom stereocenters. The smallest absolute Gasteiger partial charge is 0.356 e. The third-order valence-corrected chi connectivity index (χ3v) is 29.1. The van der Waals surface area contributed by atoms with Gasteiger partial charge in [-0.1, -0.05) is 182 Å². The van der Waals surface area contributed by atoms with E-state index < -0.39 is 102 Å². The van der Waals surface area contributed by atoms with E-state index >= 15 is 0 Å². The number of amides is 3. The Labute approximate surface area is 786 Å². The number of nitrogens with zero attached hydrogens (tertiary/aromatic N) is 11. The molecule has 12 aromatic rings. The molecule has 1 fully saturated rings. The number of aromatic carboxylic acids is 1. The molecule has 7 N–H and O–H groups in total. The number of hydroxylamine groups is 3. The normalized spacial score (nSPS) is 12.3. The van der Waals surface area contributed by atoms with Crippen molar-refractivity contribution in [3.05, 3.63) is 360 Å². The highest BCUT2D eigenvalue weighted by molar-refractivity contribution is 7.93. The number of pyridine rings is 6. The second-order valence-electron chi connectivity index (χ2n) is 28.8. The lowest BCUT2D eigenvalue weighted by atomic mass is 10.2. The van der Waals surface area contributed by atoms with Crippen LogP contribution in [-0.2, 0) is 114 Å². The molecule has 1 saturated heterocycles. The molecule has 40 nitrogen and oxygen atoms in total. The van der Waals surface area contributed by atoms with E-state index in [0.717, 1.165) is 34.4 Å². The molecule has 718 valence electrons. The predicted octanol–water partition coefficient (Wildman–Crippen LogP) is 9.96. The average Bonchev–Trinajstić information content (AvgIpc) is 0.828. The number of aromatic nitrogens is 6. The van der Waals surface area contributed by atoms with Crippen LogP contribution in [0.5, 0.6) is 0 Å². The van der Waals surface area contributed by atoms with Gasteiger partial charge in [0.05, 0.1) is 82.9 Å². The van der Waals surface area contributed by atoms with E-state index in [9.17, 15) is 79.3 Å². The number of ether oxygens (including phenoxy) is 3. The van der Waals surface area contributed by atoms with Gasteiger partial charge in [0.25, 0.3) is 17.7 Å². The van der Waals surface area contributed by atoms with Crippen LogP contribution in [0.2, 0.25) is 0 Å². The van der Waals surface area contributed by atoms with Gasteiger partial charge >= 0.3 is 17.9 Å². The maximum atomic E-state index is 12.7. The van der Waals surface area contributed by atoms with Crippen molar-refractivity contribution in [1.82, 2.24) is 46.3 Å². The second kappa shape index (κ2) is 51.0. The highest BCUT2D eigenvalue weighted by Gasteiger charge is 2.28. The zero-order chi connectivity index (χ0) is 99.2. The average molecular weight is 1980 g/mol. The summed E-state index contributed by atoms with van der Waals surface area (Å²) in [7, 11) is -12.0. The van der Waals surface area contributed by atoms with Crippen molar-refractivity contribution in [1.29, 1.82) is 0 Å². The fourth-order valence-corrected chi connectivity index (χ4v) is 19.2. The Balaban J connectivity index is 0.000000201. The van der Waals surface area contributed by atoms with Crippen LogP contribution in [0.3, 0.4) is 0 Å². The molecular weight excluding hydrogens is 1880 g/mol. The van der Waals surface area contributed by atoms with Gasteiger partial charge in [-0.05, 0) is 119 Å². The van der Waals surface area contributed by atoms with Crippen LogP contribution in [0, 0.1) is 0 Å². The maximum Gasteiger partial charge on any atom is 0.356 e. The number of anilines is 6. The van der Waals surface area contributed by atoms with Gasteiger partial charge in [-0.2, -0.15) is 0 Å². The molecule has 6 aromatic heterocycles. The summed E-state index contributed by atoms with van der Waals surface area (Å²) in [4.78, 5) is 96.8. The van der Waals surface area contributed by atoms with Crippen molar-refractivity contribution in [2.75, 3.05) is 82.3 Å². The van der Waals surface area contributed by atoms with Gasteiger partial charge in [-0.3, -0.25) is 66.0 Å². The number of carbonyl (C=O) groups excluding carboxylic acids is 5. The first kappa shape index (κ1) is 107. The fourth-order valence-electron chi connectivity index (χ4n) is 11.8. The van der Waals surface area contributed by atoms with Crippen molar-refractivity contribution < 1.29 is 114 Å². The van der Waals surface area contributed by atoms with Crippen LogP contribution >= 0.6 is 0 Å². The third kappa shape index (κ3) is 33.5. The lowest BCUT2D eigenvalue weighted by molar-refractivity contribution is -0.186. The molecule has 0 spiro atoms. The topological polar surface area (TPSA) is 547 Å². The summed E-state index contributed by atoms with van der Waals surface area (Å²) in [5.41, 5.74) is 10.8. The zero-order valence-corrected chi connectivity index (χ0v) is 79.0. The summed E-state index contributed by atoms with van der Waals surface area (Å²) in [6.07, 6.45) is 10.1. The first-order valence-corrected chi connectivity index (χ1v) is 50.1. The molecule has 1 aliphatic rings. The van der Waals surface area contributed by atoms with E-state index in [4.69, 9.17) is 25.1 Å². The Morgan fingerprint density at radius 1 is 0.346 bits per heavy atom. The SMILES string of the molecule is CN(c1ccnc(C(=O)NO)c1)S(=O)(=O)Cc1ccccc1.CN(c1ccnc(C(=O)NO)c1)S(=O)(=O)Cc1ccccc1.CN(c1ccnc(C(=O)NOC2CCCCO2)c1)S(=O)(=O)Cc1ccccc1.CN(c1ccnc(C(=O)O)c1)S(=O)(=O)Cc1ccccc1.COC(=O)c1cc(N(C)S(=O)(=O)Cc2ccccc2)ccn1.COC(=O)c1cc(NS(=O)(=O)Cc2ccccc2)ccn1. The van der Waals surface area contributed by atoms with Crippen LogP contribution in [0.1, 0.15) is 116 Å². The van der Waals surface area contributed by atoms with Gasteiger partial charge in [0.15, 0.2) is 6.29 Å². The van der Waals surface area contributed by atoms with Crippen molar-refractivity contribution >= 4 is 130 Å². The number of benzene rings is 6. The number of carboxylic acid groups (broad SMARTS) is 1. The van der Waals surface area contributed by atoms with Crippen LogP contribution in [0.4, 0.5) is 34.1 Å². The molecule has 7 heterocycles. The van der Waals surface area contributed by atoms with E-state index in [1.807, 2.05) is 36.4 Å². The van der Waals surface area contributed by atoms with Crippen LogP contribution in [0.25, 0.3) is 0 Å². The molecule has 0 saturated carbocycles. The van der Waals surface area contributed by atoms with E-state index in [1.54, 1.807) is 146 Å². The first-order chi connectivity index (χ1) is 64.7. The van der Waals surface area contributed by atoms with Crippen LogP contribution < -0.4 is 42.7 Å². The molecule has 13 rings (SSSR count). The number of esters is 2. The molecule has 0 aliphatic carbocycles. The van der Waals surface area contributed by atoms with E-state index in [2.05, 4.69) is 49.6 Å². The van der Waals surface area contributed by atoms with Crippen LogP contribution in [-0.4, -0.2) is 194 Å². The lowest BCUT2D eigenvalue weighted by Crippen LogP contribution is -2.33. The number of sulfonamides is 6. The molecule has 3 amide bonds. The molecule has 46 heteroatoms. The Kier molecular flexibility index (Phi) is 40.0. The Bertz CT molecular complexity index is 6430. The summed E-state index contributed by atoms with van der Waals surface area (Å²) in [6, 6.07) is 69.8. The molecule has 0 radical (unpaired) electrons. The van der Waals surface area contributed by atoms with Crippen molar-refractivity contribution in [2.45, 2.75) is 60.1 Å². The molecule has 0 bridgehead atoms. The summed E-state index contributed by atoms with van der Waals surface area (Å²) in [5, 5.41) is 26.1. The highest BCUT2D eigenvalue weighted by atomic mass is 32.2. The van der Waals surface area contributed by atoms with Gasteiger partial charge in [-0.15, -0.1) is 0 Å². The Hall–Kier alpha value is -14.6. The molecular formula is C90H97N15O25S6. The largest absolute Gasteiger partial charge is 0.477 e. The summed E-state index contributed by atoms with van der Waals surface area (Å²) >= 11 is 0. The second-order valence-corrected chi connectivity index (χ2v) is 40.6. The lowest BCUT2D eigenvalue weighted by Gasteiger charge is -2.22. The van der Waals surface area contributed by atoms with E-state index in [0.29, 0.717) is 57.8 Å². The molecule has 6 aromatic carbocycles. The first-order valence-electron chi connectivity index (χ1n) is 40.4. The number of hydrogen-bond acceptors (Lipinski definition) is 30. The number of methoxy groups -OCH3 is 2. The van der Waals surface area contributed by atoms with Gasteiger partial charge in [0.1, 0.15) is 34.2 Å². The summed E-state index contributed by atoms with van der Waals surface area (Å²) in [5.74, 6) is -5.52. The minimum absolute atomic E-state index is 0.0393. The van der Waals surface area contributed by atoms with Crippen molar-refractivity contribution in [2.24, 2.45) is 0 Å². The minimum Gasteiger partial charge on any atom is -0.477 e. The third-order valence-electron chi connectivity index (χ3n) is 19.1. The van der Waals surface area contributed by atoms with Crippen LogP contribution in [0.15, 0.2) is 292 Å². The Morgan fingerprint density at radius 3 is 0.882 bits per heavy atom. The standard InChI is InChI=1S/C19H23N3O5S.C15H16N2O4S.2C14H15N3O4S.2C14H14N2O4S/c1-22(28(24,25)14-15-7-3-2-4-8-15)16-10-11-20-17(13-16)19(23)21-27-18-9-5-6-12-26-18;1-17(13-8-9-16-14(10-13)15(18)21-2)22(19,20)11-12-6-4-3-5-7-12;2*1-17(12-7-8-15-13(9-12)14(18)16-19)22(20,21)10-11-5-3-2-4-6-11;1-20-14(17)13-9-12(7-8-15-13)16-21(18,19)10-11-5-3-2-4-6-11;1-16(12-7-8-15-13(9-12)14(17)18)21(19,20)10-11-5-3-2-4-6-11/h2-4,7-8,10-11,13,18H,5-6,9,12,14H2,1H3,(H,21,23);3-10H,11H2,1-2H3;2*2-9,19H,10H2,1H3,(H,16,18);2-9H,10H2,1H3,(H,15,16);2-9H,10H2,1H3,(H,17,18). The van der Waals surface area contributed by atoms with Crippen molar-refractivity contribution in [3.8, 4) is 0 Å². The van der Waals surface area contributed by atoms with Gasteiger partial charge in [-0.25, -0.2) is 101 Å². The monoisotopic (exact) mass is 1980 g/mol. The fraction of sp³-hybridized carbons (Fsp3) is 0.200. The highest BCUT2D eigenvalue weighted by Crippen LogP contribution is 2.27. The number of nitrogens with one attached hydrogen (secondary N) is 4. The molecule has 1 aliphatic heterocycles. The van der Waals surface area contributed by atoms with Gasteiger partial charge in [0, 0.05) is 85.4 Å². The number of carboxylic acids is 1. The summed E-state index contributed by atoms with van der Waals surface area (Å²) in [6.45, 7) is 0.596. The minimum atomic E-state index is -3.62. The quantitative estimate of drug-likeness (QED) is 0.0117. The molecule has 136 heavy (non-hydrogen) atoms. The molecule has 1 atom stereocenters. The van der Waals surface area contributed by atoms with E-state index in [-0.39, 0.29) is 91.4 Å². The van der Waals surface area contributed by atoms with Gasteiger partial charge in [0.2, 0.25) is 60.1 Å². The zero-order valence-electron chi connectivity index (χ0n) is 74.1.